The second-order valence-electron chi connectivity index (χ2n) is 2.68. The van der Waals surface area contributed by atoms with E-state index in [1.54, 1.807) is 12.1 Å². The summed E-state index contributed by atoms with van der Waals surface area (Å²) in [6.07, 6.45) is 0.694. The monoisotopic (exact) mass is 221 g/mol. The maximum atomic E-state index is 10.7. The molecule has 0 saturated heterocycles. The highest BCUT2D eigenvalue weighted by Crippen LogP contribution is 2.34. The van der Waals surface area contributed by atoms with Gasteiger partial charge in [-0.2, -0.15) is 5.26 Å². The summed E-state index contributed by atoms with van der Waals surface area (Å²) < 4.78 is 0.871. The van der Waals surface area contributed by atoms with E-state index in [-0.39, 0.29) is 0 Å². The molecule has 2 aromatic rings. The molecule has 14 heavy (non-hydrogen) atoms. The third-order valence-corrected chi connectivity index (χ3v) is 3.31. The summed E-state index contributed by atoms with van der Waals surface area (Å²) in [5.74, 6) is 0. The highest BCUT2D eigenvalue weighted by molar-refractivity contribution is 7.20. The van der Waals surface area contributed by atoms with E-state index in [1.165, 1.54) is 11.3 Å². The van der Waals surface area contributed by atoms with Crippen molar-refractivity contribution in [1.82, 2.24) is 0 Å². The maximum Gasteiger partial charge on any atom is 0.161 e. The molecule has 0 spiro atoms. The molecule has 1 heterocycles. The molecule has 0 aliphatic rings. The lowest BCUT2D eigenvalue weighted by Crippen LogP contribution is -1.78. The van der Waals surface area contributed by atoms with Gasteiger partial charge >= 0.3 is 0 Å². The summed E-state index contributed by atoms with van der Waals surface area (Å²) in [5.41, 5.74) is 0.380. The van der Waals surface area contributed by atoms with Crippen LogP contribution in [0, 0.1) is 11.3 Å². The Morgan fingerprint density at radius 2 is 2.29 bits per heavy atom. The number of rotatable bonds is 1. The number of aldehydes is 1. The van der Waals surface area contributed by atoms with E-state index >= 15 is 0 Å². The first-order chi connectivity index (χ1) is 6.77. The third-order valence-electron chi connectivity index (χ3n) is 1.91. The van der Waals surface area contributed by atoms with Crippen LogP contribution in [-0.4, -0.2) is 6.29 Å². The van der Waals surface area contributed by atoms with Gasteiger partial charge in [0.1, 0.15) is 6.07 Å². The molecule has 0 aliphatic carbocycles. The van der Waals surface area contributed by atoms with Crippen molar-refractivity contribution < 1.29 is 4.79 Å². The highest BCUT2D eigenvalue weighted by Gasteiger charge is 2.13. The summed E-state index contributed by atoms with van der Waals surface area (Å²) in [6.45, 7) is 0. The molecule has 0 bridgehead atoms. The highest BCUT2D eigenvalue weighted by atomic mass is 35.5. The van der Waals surface area contributed by atoms with Gasteiger partial charge in [-0.3, -0.25) is 4.79 Å². The second kappa shape index (κ2) is 3.41. The fourth-order valence-electron chi connectivity index (χ4n) is 1.32. The number of carbonyl (C=O) groups excluding carboxylic acids is 1. The molecule has 0 fully saturated rings. The summed E-state index contributed by atoms with van der Waals surface area (Å²) in [5, 5.41) is 10.1. The van der Waals surface area contributed by atoms with E-state index in [9.17, 15) is 4.79 Å². The van der Waals surface area contributed by atoms with Gasteiger partial charge < -0.3 is 0 Å². The molecule has 0 amide bonds. The van der Waals surface area contributed by atoms with E-state index < -0.39 is 0 Å². The minimum Gasteiger partial charge on any atom is -0.297 e. The van der Waals surface area contributed by atoms with Crippen molar-refractivity contribution in [2.24, 2.45) is 0 Å². The summed E-state index contributed by atoms with van der Waals surface area (Å²) in [7, 11) is 0. The zero-order valence-corrected chi connectivity index (χ0v) is 8.52. The van der Waals surface area contributed by atoms with Gasteiger partial charge in [0, 0.05) is 10.1 Å². The molecule has 2 rings (SSSR count). The number of carbonyl (C=O) groups is 1. The number of hydrogen-bond donors (Lipinski definition) is 0. The number of thiophene rings is 1. The Labute approximate surface area is 89.3 Å². The summed E-state index contributed by atoms with van der Waals surface area (Å²) in [4.78, 5) is 11.1. The zero-order valence-electron chi connectivity index (χ0n) is 6.95. The lowest BCUT2D eigenvalue weighted by atomic mass is 10.1. The second-order valence-corrected chi connectivity index (χ2v) is 4.17. The average Bonchev–Trinajstić information content (AvgIpc) is 2.56. The van der Waals surface area contributed by atoms with Crippen molar-refractivity contribution in [3.8, 4) is 6.07 Å². The van der Waals surface area contributed by atoms with Crippen molar-refractivity contribution in [2.75, 3.05) is 0 Å². The first-order valence-electron chi connectivity index (χ1n) is 3.84. The van der Waals surface area contributed by atoms with E-state index in [1.807, 2.05) is 12.1 Å². The van der Waals surface area contributed by atoms with Crippen molar-refractivity contribution in [3.63, 3.8) is 0 Å². The Bertz CT molecular complexity index is 553. The fraction of sp³-hybridized carbons (Fsp3) is 0. The normalized spacial score (nSPS) is 10.0. The van der Waals surface area contributed by atoms with Gasteiger partial charge in [-0.15, -0.1) is 11.3 Å². The van der Waals surface area contributed by atoms with Crippen LogP contribution in [0.25, 0.3) is 10.1 Å². The van der Waals surface area contributed by atoms with Gasteiger partial charge in [0.05, 0.1) is 15.5 Å². The molecule has 68 valence electrons. The van der Waals surface area contributed by atoms with E-state index in [0.717, 1.165) is 4.70 Å². The zero-order chi connectivity index (χ0) is 10.1. The molecule has 2 nitrogen and oxygen atoms in total. The molecular weight excluding hydrogens is 218 g/mol. The van der Waals surface area contributed by atoms with Crippen LogP contribution in [0.4, 0.5) is 0 Å². The minimum absolute atomic E-state index is 0.380. The maximum absolute atomic E-state index is 10.7. The van der Waals surface area contributed by atoms with E-state index in [2.05, 4.69) is 0 Å². The van der Waals surface area contributed by atoms with Gasteiger partial charge in [-0.25, -0.2) is 0 Å². The smallest absolute Gasteiger partial charge is 0.161 e. The SMILES string of the molecule is N#Cc1c(C=O)sc2cccc(Cl)c12. The molecule has 0 unspecified atom stereocenters. The van der Waals surface area contributed by atoms with Crippen molar-refractivity contribution >= 4 is 39.3 Å². The van der Waals surface area contributed by atoms with Crippen LogP contribution in [0.15, 0.2) is 18.2 Å². The minimum atomic E-state index is 0.380. The van der Waals surface area contributed by atoms with Gasteiger partial charge in [-0.05, 0) is 12.1 Å². The first kappa shape index (κ1) is 9.20. The Morgan fingerprint density at radius 1 is 1.50 bits per heavy atom. The molecule has 0 saturated carbocycles. The number of halogens is 1. The molecule has 0 aliphatic heterocycles. The number of nitrogens with zero attached hydrogens (tertiary/aromatic N) is 1. The predicted octanol–water partition coefficient (Wildman–Crippen LogP) is 3.24. The molecule has 4 heteroatoms. The Hall–Kier alpha value is -1.37. The topological polar surface area (TPSA) is 40.9 Å². The van der Waals surface area contributed by atoms with Crippen molar-refractivity contribution in [2.45, 2.75) is 0 Å². The van der Waals surface area contributed by atoms with E-state index in [0.29, 0.717) is 27.1 Å². The molecule has 0 radical (unpaired) electrons. The number of fused-ring (bicyclic) bond motifs is 1. The van der Waals surface area contributed by atoms with Crippen LogP contribution in [0.5, 0.6) is 0 Å². The predicted molar refractivity (Wildman–Crippen MR) is 56.9 cm³/mol. The summed E-state index contributed by atoms with van der Waals surface area (Å²) in [6, 6.07) is 7.37. The Balaban J connectivity index is 2.97. The summed E-state index contributed by atoms with van der Waals surface area (Å²) >= 11 is 7.24. The van der Waals surface area contributed by atoms with Crippen LogP contribution in [0.1, 0.15) is 15.2 Å². The number of nitriles is 1. The molecule has 1 aromatic heterocycles. The van der Waals surface area contributed by atoms with Gasteiger partial charge in [0.2, 0.25) is 0 Å². The quantitative estimate of drug-likeness (QED) is 0.694. The molecular formula is C10H4ClNOS. The first-order valence-corrected chi connectivity index (χ1v) is 5.03. The van der Waals surface area contributed by atoms with Crippen LogP contribution in [-0.2, 0) is 0 Å². The Morgan fingerprint density at radius 3 is 2.93 bits per heavy atom. The van der Waals surface area contributed by atoms with Gasteiger partial charge in [0.15, 0.2) is 6.29 Å². The van der Waals surface area contributed by atoms with Crippen LogP contribution < -0.4 is 0 Å². The largest absolute Gasteiger partial charge is 0.297 e. The third kappa shape index (κ3) is 1.20. The van der Waals surface area contributed by atoms with Crippen LogP contribution in [0.2, 0.25) is 5.02 Å². The van der Waals surface area contributed by atoms with Crippen molar-refractivity contribution in [3.05, 3.63) is 33.7 Å². The van der Waals surface area contributed by atoms with Crippen LogP contribution in [0.3, 0.4) is 0 Å². The number of benzene rings is 1. The lowest BCUT2D eigenvalue weighted by Gasteiger charge is -1.92. The van der Waals surface area contributed by atoms with Crippen LogP contribution >= 0.6 is 22.9 Å². The average molecular weight is 222 g/mol. The lowest BCUT2D eigenvalue weighted by molar-refractivity contribution is 0.112. The van der Waals surface area contributed by atoms with E-state index in [4.69, 9.17) is 16.9 Å². The molecule has 0 atom stereocenters. The number of hydrogen-bond acceptors (Lipinski definition) is 3. The van der Waals surface area contributed by atoms with Gasteiger partial charge in [-0.1, -0.05) is 17.7 Å². The fourth-order valence-corrected chi connectivity index (χ4v) is 2.64. The Kier molecular flexibility index (Phi) is 2.24. The van der Waals surface area contributed by atoms with Crippen molar-refractivity contribution in [1.29, 1.82) is 5.26 Å². The standard InChI is InChI=1S/C10H4ClNOS/c11-7-2-1-3-8-10(7)6(4-12)9(5-13)14-8/h1-3,5H. The van der Waals surface area contributed by atoms with Gasteiger partial charge in [0.25, 0.3) is 0 Å². The molecule has 1 aromatic carbocycles. The molecule has 0 N–H and O–H groups in total.